The first kappa shape index (κ1) is 14.1. The fraction of sp³-hybridized carbons (Fsp3) is 0.250. The van der Waals surface area contributed by atoms with Gasteiger partial charge in [-0.25, -0.2) is 9.18 Å². The molecule has 3 nitrogen and oxygen atoms in total. The van der Waals surface area contributed by atoms with Crippen molar-refractivity contribution in [2.75, 3.05) is 6.61 Å². The zero-order valence-corrected chi connectivity index (χ0v) is 11.3. The number of ether oxygens (including phenoxy) is 1. The maximum absolute atomic E-state index is 12.7. The highest BCUT2D eigenvalue weighted by Gasteiger charge is 2.21. The zero-order valence-electron chi connectivity index (χ0n) is 9.19. The molecule has 1 N–H and O–H groups in total. The van der Waals surface area contributed by atoms with Crippen LogP contribution in [0, 0.1) is 5.82 Å². The van der Waals surface area contributed by atoms with E-state index in [4.69, 9.17) is 4.74 Å². The van der Waals surface area contributed by atoms with Gasteiger partial charge in [0.15, 0.2) is 0 Å². The molecule has 17 heavy (non-hydrogen) atoms. The first-order valence-electron chi connectivity index (χ1n) is 5.01. The third-order valence-corrected chi connectivity index (χ3v) is 2.78. The number of halogens is 2. The van der Waals surface area contributed by atoms with Gasteiger partial charge in [0.2, 0.25) is 0 Å². The highest BCUT2D eigenvalue weighted by atomic mass is 127. The molecule has 0 amide bonds. The Morgan fingerprint density at radius 3 is 2.59 bits per heavy atom. The summed E-state index contributed by atoms with van der Waals surface area (Å²) < 4.78 is 19.0. The number of benzene rings is 1. The molecule has 0 aliphatic rings. The molecule has 1 aromatic rings. The van der Waals surface area contributed by atoms with Crippen LogP contribution < -0.4 is 0 Å². The molecule has 0 radical (unpaired) electrons. The molecule has 1 unspecified atom stereocenters. The van der Waals surface area contributed by atoms with E-state index in [-0.39, 0.29) is 12.2 Å². The molecule has 0 aromatic heterocycles. The molecule has 5 heteroatoms. The number of aliphatic hydroxyl groups excluding tert-OH is 1. The van der Waals surface area contributed by atoms with Crippen LogP contribution in [-0.2, 0) is 9.53 Å². The van der Waals surface area contributed by atoms with Crippen LogP contribution in [0.25, 0.3) is 0 Å². The summed E-state index contributed by atoms with van der Waals surface area (Å²) >= 11 is 1.86. The summed E-state index contributed by atoms with van der Waals surface area (Å²) in [4.78, 5) is 11.5. The average Bonchev–Trinajstić information content (AvgIpc) is 2.31. The topological polar surface area (TPSA) is 46.5 Å². The second kappa shape index (κ2) is 6.70. The first-order chi connectivity index (χ1) is 8.10. The Morgan fingerprint density at radius 2 is 2.12 bits per heavy atom. The van der Waals surface area contributed by atoms with E-state index in [1.807, 2.05) is 22.6 Å². The molecule has 0 fully saturated rings. The number of carbonyl (C=O) groups excluding carboxylic acids is 1. The number of aliphatic hydroxyl groups is 1. The highest BCUT2D eigenvalue weighted by Crippen LogP contribution is 2.24. The SMILES string of the molecule is CCOC(=O)/C(=C/I)C(O)c1ccc(F)cc1. The highest BCUT2D eigenvalue weighted by molar-refractivity contribution is 14.1. The second-order valence-electron chi connectivity index (χ2n) is 3.24. The molecular formula is C12H12FIO3. The summed E-state index contributed by atoms with van der Waals surface area (Å²) in [6.07, 6.45) is -1.11. The van der Waals surface area contributed by atoms with Crippen LogP contribution >= 0.6 is 22.6 Å². The summed E-state index contributed by atoms with van der Waals surface area (Å²) in [5.74, 6) is -0.962. The van der Waals surface area contributed by atoms with Crippen molar-refractivity contribution in [2.45, 2.75) is 13.0 Å². The lowest BCUT2D eigenvalue weighted by Gasteiger charge is -2.13. The Hall–Kier alpha value is -0.950. The maximum atomic E-state index is 12.7. The zero-order chi connectivity index (χ0) is 12.8. The largest absolute Gasteiger partial charge is 0.463 e. The Kier molecular flexibility index (Phi) is 5.57. The Balaban J connectivity index is 2.90. The minimum atomic E-state index is -1.11. The van der Waals surface area contributed by atoms with Gasteiger partial charge in [-0.3, -0.25) is 0 Å². The van der Waals surface area contributed by atoms with Crippen molar-refractivity contribution >= 4 is 28.6 Å². The van der Waals surface area contributed by atoms with Gasteiger partial charge >= 0.3 is 5.97 Å². The van der Waals surface area contributed by atoms with E-state index < -0.39 is 17.9 Å². The number of hydrogen-bond acceptors (Lipinski definition) is 3. The normalized spacial score (nSPS) is 13.3. The van der Waals surface area contributed by atoms with Gasteiger partial charge in [-0.2, -0.15) is 0 Å². The first-order valence-corrected chi connectivity index (χ1v) is 6.25. The van der Waals surface area contributed by atoms with E-state index in [9.17, 15) is 14.3 Å². The molecule has 1 rings (SSSR count). The van der Waals surface area contributed by atoms with Crippen LogP contribution in [0.5, 0.6) is 0 Å². The van der Waals surface area contributed by atoms with Crippen molar-refractivity contribution in [1.82, 2.24) is 0 Å². The van der Waals surface area contributed by atoms with Crippen molar-refractivity contribution in [2.24, 2.45) is 0 Å². The molecule has 0 bridgehead atoms. The Morgan fingerprint density at radius 1 is 1.53 bits per heavy atom. The monoisotopic (exact) mass is 350 g/mol. The predicted octanol–water partition coefficient (Wildman–Crippen LogP) is 2.74. The van der Waals surface area contributed by atoms with E-state index in [1.165, 1.54) is 28.3 Å². The fourth-order valence-corrected chi connectivity index (χ4v) is 1.85. The summed E-state index contributed by atoms with van der Waals surface area (Å²) in [5, 5.41) is 9.97. The van der Waals surface area contributed by atoms with Crippen LogP contribution in [0.3, 0.4) is 0 Å². The Bertz CT molecular complexity index is 414. The lowest BCUT2D eigenvalue weighted by molar-refractivity contribution is -0.139. The van der Waals surface area contributed by atoms with Gasteiger partial charge in [0, 0.05) is 0 Å². The number of rotatable bonds is 4. The van der Waals surface area contributed by atoms with Crippen molar-refractivity contribution in [1.29, 1.82) is 0 Å². The molecule has 0 aliphatic carbocycles. The number of esters is 1. The van der Waals surface area contributed by atoms with Crippen LogP contribution in [0.4, 0.5) is 4.39 Å². The van der Waals surface area contributed by atoms with Crippen molar-refractivity contribution in [3.05, 3.63) is 45.3 Å². The smallest absolute Gasteiger partial charge is 0.337 e. The summed E-state index contributed by atoms with van der Waals surface area (Å²) in [7, 11) is 0. The quantitative estimate of drug-likeness (QED) is 0.516. The lowest BCUT2D eigenvalue weighted by atomic mass is 10.0. The van der Waals surface area contributed by atoms with Gasteiger partial charge in [0.05, 0.1) is 12.2 Å². The molecular weight excluding hydrogens is 338 g/mol. The second-order valence-corrected chi connectivity index (χ2v) is 3.86. The summed E-state index contributed by atoms with van der Waals surface area (Å²) in [5.41, 5.74) is 0.585. The third kappa shape index (κ3) is 3.78. The van der Waals surface area contributed by atoms with Crippen molar-refractivity contribution in [3.63, 3.8) is 0 Å². The molecule has 0 saturated heterocycles. The van der Waals surface area contributed by atoms with E-state index in [0.717, 1.165) is 0 Å². The van der Waals surface area contributed by atoms with Gasteiger partial charge in [-0.1, -0.05) is 34.7 Å². The maximum Gasteiger partial charge on any atom is 0.337 e. The molecule has 92 valence electrons. The molecule has 0 spiro atoms. The van der Waals surface area contributed by atoms with Gasteiger partial charge < -0.3 is 9.84 Å². The minimum absolute atomic E-state index is 0.138. The predicted molar refractivity (Wildman–Crippen MR) is 70.1 cm³/mol. The molecule has 0 saturated carbocycles. The molecule has 0 heterocycles. The van der Waals surface area contributed by atoms with E-state index in [2.05, 4.69) is 0 Å². The van der Waals surface area contributed by atoms with Gasteiger partial charge in [0.1, 0.15) is 11.9 Å². The van der Waals surface area contributed by atoms with E-state index >= 15 is 0 Å². The van der Waals surface area contributed by atoms with Crippen LogP contribution in [0.1, 0.15) is 18.6 Å². The lowest BCUT2D eigenvalue weighted by Crippen LogP contribution is -2.14. The molecule has 1 aromatic carbocycles. The van der Waals surface area contributed by atoms with Gasteiger partial charge in [-0.15, -0.1) is 0 Å². The van der Waals surface area contributed by atoms with Crippen LogP contribution in [-0.4, -0.2) is 17.7 Å². The van der Waals surface area contributed by atoms with Crippen LogP contribution in [0.2, 0.25) is 0 Å². The van der Waals surface area contributed by atoms with Crippen molar-refractivity contribution < 1.29 is 19.0 Å². The van der Waals surface area contributed by atoms with Crippen molar-refractivity contribution in [3.8, 4) is 0 Å². The Labute approximate surface area is 112 Å². The molecule has 0 aliphatic heterocycles. The van der Waals surface area contributed by atoms with Gasteiger partial charge in [0.25, 0.3) is 0 Å². The summed E-state index contributed by atoms with van der Waals surface area (Å²) in [6.45, 7) is 1.93. The average molecular weight is 350 g/mol. The van der Waals surface area contributed by atoms with E-state index in [1.54, 1.807) is 6.92 Å². The summed E-state index contributed by atoms with van der Waals surface area (Å²) in [6, 6.07) is 5.32. The third-order valence-electron chi connectivity index (χ3n) is 2.11. The number of carbonyl (C=O) groups is 1. The van der Waals surface area contributed by atoms with Gasteiger partial charge in [-0.05, 0) is 28.7 Å². The molecule has 1 atom stereocenters. The minimum Gasteiger partial charge on any atom is -0.463 e. The van der Waals surface area contributed by atoms with Crippen LogP contribution in [0.15, 0.2) is 33.9 Å². The van der Waals surface area contributed by atoms with E-state index in [0.29, 0.717) is 5.56 Å². The number of hydrogen-bond donors (Lipinski definition) is 1. The fourth-order valence-electron chi connectivity index (χ4n) is 1.25. The standard InChI is InChI=1S/C12H12FIO3/c1-2-17-12(16)10(7-14)11(15)8-3-5-9(13)6-4-8/h3-7,11,15H,2H2,1H3/b10-7+.